The molecule has 0 spiro atoms. The molecule has 120 valence electrons. The van der Waals surface area contributed by atoms with Gasteiger partial charge in [0.15, 0.2) is 0 Å². The molecular formula is C20H23NO2. The Bertz CT molecular complexity index is 798. The van der Waals surface area contributed by atoms with Crippen molar-refractivity contribution in [2.75, 3.05) is 13.2 Å². The number of aliphatic hydroxyl groups is 1. The molecule has 0 saturated carbocycles. The summed E-state index contributed by atoms with van der Waals surface area (Å²) in [7, 11) is 0. The molecule has 0 bridgehead atoms. The van der Waals surface area contributed by atoms with Crippen molar-refractivity contribution in [1.29, 1.82) is 0 Å². The molecule has 0 radical (unpaired) electrons. The predicted octanol–water partition coefficient (Wildman–Crippen LogP) is 3.73. The molecular weight excluding hydrogens is 286 g/mol. The molecule has 1 atom stereocenters. The first-order valence-corrected chi connectivity index (χ1v) is 8.10. The molecule has 23 heavy (non-hydrogen) atoms. The Kier molecular flexibility index (Phi) is 4.79. The summed E-state index contributed by atoms with van der Waals surface area (Å²) in [5.74, 6) is 0.822. The number of hydrogen-bond donors (Lipinski definition) is 2. The third kappa shape index (κ3) is 3.63. The van der Waals surface area contributed by atoms with Gasteiger partial charge in [-0.1, -0.05) is 62.4 Å². The van der Waals surface area contributed by atoms with E-state index in [0.717, 1.165) is 16.5 Å². The van der Waals surface area contributed by atoms with Crippen LogP contribution in [0.4, 0.5) is 0 Å². The van der Waals surface area contributed by atoms with Gasteiger partial charge in [0.25, 0.3) is 0 Å². The zero-order chi connectivity index (χ0) is 16.2. The molecule has 0 heterocycles. The Balaban J connectivity index is 1.87. The van der Waals surface area contributed by atoms with Crippen molar-refractivity contribution in [2.45, 2.75) is 26.0 Å². The summed E-state index contributed by atoms with van der Waals surface area (Å²) in [4.78, 5) is 0. The van der Waals surface area contributed by atoms with Gasteiger partial charge in [-0.05, 0) is 22.2 Å². The second-order valence-corrected chi connectivity index (χ2v) is 6.17. The van der Waals surface area contributed by atoms with E-state index in [1.54, 1.807) is 0 Å². The van der Waals surface area contributed by atoms with Crippen LogP contribution in [0.15, 0.2) is 54.6 Å². The number of hydrogen-bond acceptors (Lipinski definition) is 3. The minimum atomic E-state index is -0.525. The molecule has 0 unspecified atom stereocenters. The second kappa shape index (κ2) is 6.99. The molecule has 3 rings (SSSR count). The molecule has 0 aliphatic heterocycles. The Morgan fingerprint density at radius 1 is 0.957 bits per heavy atom. The van der Waals surface area contributed by atoms with Gasteiger partial charge in [-0.3, -0.25) is 0 Å². The lowest BCUT2D eigenvalue weighted by Gasteiger charge is -2.17. The van der Waals surface area contributed by atoms with Gasteiger partial charge in [0.05, 0.1) is 0 Å². The van der Waals surface area contributed by atoms with Crippen LogP contribution in [0.25, 0.3) is 21.5 Å². The standard InChI is InChI=1S/C20H23NO2/c1-14(2)21-12-16(22)13-23-20-11-15-7-3-4-8-17(15)18-9-5-6-10-19(18)20/h3-11,14,16,21-22H,12-13H2,1-2H3/t16-/m0/s1. The van der Waals surface area contributed by atoms with Gasteiger partial charge >= 0.3 is 0 Å². The van der Waals surface area contributed by atoms with Crippen LogP contribution >= 0.6 is 0 Å². The van der Waals surface area contributed by atoms with Crippen molar-refractivity contribution in [3.8, 4) is 5.75 Å². The predicted molar refractivity (Wildman–Crippen MR) is 96.1 cm³/mol. The molecule has 0 amide bonds. The number of benzene rings is 3. The maximum absolute atomic E-state index is 10.1. The summed E-state index contributed by atoms with van der Waals surface area (Å²) < 4.78 is 5.93. The maximum Gasteiger partial charge on any atom is 0.127 e. The molecule has 0 saturated heterocycles. The SMILES string of the molecule is CC(C)NC[C@H](O)COc1cc2ccccc2c2ccccc12. The van der Waals surface area contributed by atoms with Crippen LogP contribution in [0.5, 0.6) is 5.75 Å². The molecule has 3 aromatic carbocycles. The summed E-state index contributed by atoms with van der Waals surface area (Å²) in [6.07, 6.45) is -0.525. The van der Waals surface area contributed by atoms with E-state index < -0.39 is 6.10 Å². The fourth-order valence-electron chi connectivity index (χ4n) is 2.76. The first kappa shape index (κ1) is 15.8. The maximum atomic E-state index is 10.1. The van der Waals surface area contributed by atoms with Crippen LogP contribution in [0.1, 0.15) is 13.8 Å². The fraction of sp³-hybridized carbons (Fsp3) is 0.300. The van der Waals surface area contributed by atoms with E-state index in [-0.39, 0.29) is 6.61 Å². The van der Waals surface area contributed by atoms with E-state index in [2.05, 4.69) is 55.6 Å². The molecule has 3 heteroatoms. The third-order valence-corrected chi connectivity index (χ3v) is 3.92. The van der Waals surface area contributed by atoms with Crippen molar-refractivity contribution in [3.05, 3.63) is 54.6 Å². The van der Waals surface area contributed by atoms with Gasteiger partial charge in [0.2, 0.25) is 0 Å². The third-order valence-electron chi connectivity index (χ3n) is 3.92. The Hall–Kier alpha value is -2.10. The number of fused-ring (bicyclic) bond motifs is 3. The number of rotatable bonds is 6. The smallest absolute Gasteiger partial charge is 0.127 e. The van der Waals surface area contributed by atoms with Crippen molar-refractivity contribution in [1.82, 2.24) is 5.32 Å². The normalized spacial score (nSPS) is 12.9. The Labute approximate surface area is 136 Å². The highest BCUT2D eigenvalue weighted by molar-refractivity contribution is 6.10. The van der Waals surface area contributed by atoms with Gasteiger partial charge in [0.1, 0.15) is 18.5 Å². The number of aliphatic hydroxyl groups excluding tert-OH is 1. The highest BCUT2D eigenvalue weighted by Crippen LogP contribution is 2.33. The van der Waals surface area contributed by atoms with Crippen molar-refractivity contribution < 1.29 is 9.84 Å². The molecule has 0 aliphatic carbocycles. The summed E-state index contributed by atoms with van der Waals surface area (Å²) in [5, 5.41) is 17.9. The van der Waals surface area contributed by atoms with E-state index in [1.165, 1.54) is 10.8 Å². The minimum Gasteiger partial charge on any atom is -0.490 e. The van der Waals surface area contributed by atoms with Gasteiger partial charge < -0.3 is 15.2 Å². The van der Waals surface area contributed by atoms with Crippen molar-refractivity contribution in [2.24, 2.45) is 0 Å². The highest BCUT2D eigenvalue weighted by Gasteiger charge is 2.10. The first-order valence-electron chi connectivity index (χ1n) is 8.10. The Morgan fingerprint density at radius 3 is 2.35 bits per heavy atom. The second-order valence-electron chi connectivity index (χ2n) is 6.17. The molecule has 3 aromatic rings. The summed E-state index contributed by atoms with van der Waals surface area (Å²) in [6, 6.07) is 18.9. The van der Waals surface area contributed by atoms with Crippen LogP contribution in [-0.2, 0) is 0 Å². The lowest BCUT2D eigenvalue weighted by molar-refractivity contribution is 0.105. The lowest BCUT2D eigenvalue weighted by Crippen LogP contribution is -2.35. The van der Waals surface area contributed by atoms with Crippen LogP contribution < -0.4 is 10.1 Å². The van der Waals surface area contributed by atoms with Gasteiger partial charge in [-0.25, -0.2) is 0 Å². The summed E-state index contributed by atoms with van der Waals surface area (Å²) >= 11 is 0. The van der Waals surface area contributed by atoms with E-state index in [9.17, 15) is 5.11 Å². The van der Waals surface area contributed by atoms with Crippen LogP contribution in [0, 0.1) is 0 Å². The molecule has 0 fully saturated rings. The van der Waals surface area contributed by atoms with Crippen LogP contribution in [0.3, 0.4) is 0 Å². The summed E-state index contributed by atoms with van der Waals surface area (Å²) in [6.45, 7) is 4.93. The van der Waals surface area contributed by atoms with Crippen molar-refractivity contribution >= 4 is 21.5 Å². The van der Waals surface area contributed by atoms with E-state index in [1.807, 2.05) is 18.2 Å². The quantitative estimate of drug-likeness (QED) is 0.682. The zero-order valence-electron chi connectivity index (χ0n) is 13.6. The van der Waals surface area contributed by atoms with E-state index in [4.69, 9.17) is 4.74 Å². The van der Waals surface area contributed by atoms with E-state index in [0.29, 0.717) is 12.6 Å². The van der Waals surface area contributed by atoms with Gasteiger partial charge in [0, 0.05) is 18.0 Å². The fourth-order valence-corrected chi connectivity index (χ4v) is 2.76. The molecule has 3 nitrogen and oxygen atoms in total. The number of ether oxygens (including phenoxy) is 1. The molecule has 0 aromatic heterocycles. The topological polar surface area (TPSA) is 41.5 Å². The van der Waals surface area contributed by atoms with Crippen molar-refractivity contribution in [3.63, 3.8) is 0 Å². The van der Waals surface area contributed by atoms with Crippen LogP contribution in [0.2, 0.25) is 0 Å². The average Bonchev–Trinajstić information content (AvgIpc) is 2.58. The average molecular weight is 309 g/mol. The summed E-state index contributed by atoms with van der Waals surface area (Å²) in [5.41, 5.74) is 0. The largest absolute Gasteiger partial charge is 0.490 e. The zero-order valence-corrected chi connectivity index (χ0v) is 13.6. The molecule has 2 N–H and O–H groups in total. The molecule has 0 aliphatic rings. The number of nitrogens with one attached hydrogen (secondary N) is 1. The first-order chi connectivity index (χ1) is 11.1. The monoisotopic (exact) mass is 309 g/mol. The van der Waals surface area contributed by atoms with Crippen LogP contribution in [-0.4, -0.2) is 30.4 Å². The van der Waals surface area contributed by atoms with E-state index >= 15 is 0 Å². The highest BCUT2D eigenvalue weighted by atomic mass is 16.5. The minimum absolute atomic E-state index is 0.280. The Morgan fingerprint density at radius 2 is 1.61 bits per heavy atom. The van der Waals surface area contributed by atoms with Gasteiger partial charge in [-0.15, -0.1) is 0 Å². The lowest BCUT2D eigenvalue weighted by atomic mass is 10.0. The van der Waals surface area contributed by atoms with Gasteiger partial charge in [-0.2, -0.15) is 0 Å².